The number of hydrogen-bond acceptors (Lipinski definition) is 2. The van der Waals surface area contributed by atoms with Gasteiger partial charge < -0.3 is 9.80 Å². The van der Waals surface area contributed by atoms with Crippen LogP contribution in [0.1, 0.15) is 11.1 Å². The minimum Gasteiger partial charge on any atom is -0.329 e. The predicted molar refractivity (Wildman–Crippen MR) is 95.8 cm³/mol. The van der Waals surface area contributed by atoms with Gasteiger partial charge in [-0.2, -0.15) is 26.3 Å². The maximum atomic E-state index is 13.0. The Balaban J connectivity index is 2.21. The van der Waals surface area contributed by atoms with Gasteiger partial charge in [-0.05, 0) is 11.1 Å². The number of hydrogen-bond donors (Lipinski definition) is 0. The third-order valence-corrected chi connectivity index (χ3v) is 4.13. The highest BCUT2D eigenvalue weighted by Gasteiger charge is 2.44. The standard InChI is InChI=1S/C20H18F6N2O2/c21-19(22,23)17(29)27(13-15-7-3-1-4-8-15)11-12-28(18(30)20(24,25)26)14-16-9-5-2-6-10-16/h1-10H,11-14H2. The lowest BCUT2D eigenvalue weighted by Crippen LogP contribution is -2.47. The van der Waals surface area contributed by atoms with E-state index in [-0.39, 0.29) is 0 Å². The Hall–Kier alpha value is -3.04. The van der Waals surface area contributed by atoms with Crippen molar-refractivity contribution < 1.29 is 35.9 Å². The molecule has 0 aromatic heterocycles. The molecule has 30 heavy (non-hydrogen) atoms. The molecule has 10 heteroatoms. The van der Waals surface area contributed by atoms with Crippen LogP contribution in [0.3, 0.4) is 0 Å². The molecule has 2 aromatic rings. The molecule has 2 amide bonds. The van der Waals surface area contributed by atoms with E-state index < -0.39 is 50.3 Å². The van der Waals surface area contributed by atoms with Crippen LogP contribution in [-0.2, 0) is 22.7 Å². The van der Waals surface area contributed by atoms with Crippen LogP contribution in [0, 0.1) is 0 Å². The zero-order valence-electron chi connectivity index (χ0n) is 15.6. The molecule has 0 aliphatic carbocycles. The van der Waals surface area contributed by atoms with Crippen molar-refractivity contribution in [3.8, 4) is 0 Å². The minimum atomic E-state index is -5.20. The van der Waals surface area contributed by atoms with Gasteiger partial charge in [-0.25, -0.2) is 0 Å². The van der Waals surface area contributed by atoms with Crippen LogP contribution in [-0.4, -0.2) is 47.1 Å². The van der Waals surface area contributed by atoms with E-state index in [0.717, 1.165) is 0 Å². The molecule has 0 N–H and O–H groups in total. The molecule has 2 rings (SSSR count). The van der Waals surface area contributed by atoms with Gasteiger partial charge in [-0.3, -0.25) is 9.59 Å². The molecule has 0 radical (unpaired) electrons. The number of rotatable bonds is 7. The Kier molecular flexibility index (Phi) is 7.47. The number of nitrogens with zero attached hydrogens (tertiary/aromatic N) is 2. The fourth-order valence-electron chi connectivity index (χ4n) is 2.71. The third-order valence-electron chi connectivity index (χ3n) is 4.13. The second kappa shape index (κ2) is 9.64. The molecule has 0 aliphatic heterocycles. The van der Waals surface area contributed by atoms with Crippen molar-refractivity contribution in [1.29, 1.82) is 0 Å². The van der Waals surface area contributed by atoms with E-state index >= 15 is 0 Å². The van der Waals surface area contributed by atoms with Crippen LogP contribution in [0.5, 0.6) is 0 Å². The van der Waals surface area contributed by atoms with Gasteiger partial charge in [0.25, 0.3) is 0 Å². The van der Waals surface area contributed by atoms with Crippen molar-refractivity contribution in [2.24, 2.45) is 0 Å². The molecule has 0 bridgehead atoms. The average Bonchev–Trinajstić information content (AvgIpc) is 2.69. The maximum absolute atomic E-state index is 13.0. The van der Waals surface area contributed by atoms with E-state index in [4.69, 9.17) is 0 Å². The van der Waals surface area contributed by atoms with Crippen LogP contribution >= 0.6 is 0 Å². The summed E-state index contributed by atoms with van der Waals surface area (Å²) in [5.41, 5.74) is 0.735. The van der Waals surface area contributed by atoms with Crippen molar-refractivity contribution in [1.82, 2.24) is 9.80 Å². The summed E-state index contributed by atoms with van der Waals surface area (Å²) >= 11 is 0. The Labute approximate surface area is 168 Å². The second-order valence-electron chi connectivity index (χ2n) is 6.42. The number of amides is 2. The first-order chi connectivity index (χ1) is 14.0. The average molecular weight is 432 g/mol. The first-order valence-corrected chi connectivity index (χ1v) is 8.78. The van der Waals surface area contributed by atoms with E-state index in [1.54, 1.807) is 36.4 Å². The maximum Gasteiger partial charge on any atom is 0.471 e. The molecule has 0 spiro atoms. The Bertz CT molecular complexity index is 766. The minimum absolute atomic E-state index is 0.367. The number of benzene rings is 2. The Morgan fingerprint density at radius 2 is 0.900 bits per heavy atom. The summed E-state index contributed by atoms with van der Waals surface area (Å²) in [6, 6.07) is 15.4. The summed E-state index contributed by atoms with van der Waals surface area (Å²) in [6.45, 7) is -2.36. The van der Waals surface area contributed by atoms with Crippen LogP contribution in [0.2, 0.25) is 0 Å². The third kappa shape index (κ3) is 6.78. The lowest BCUT2D eigenvalue weighted by atomic mass is 10.2. The van der Waals surface area contributed by atoms with Gasteiger partial charge in [0.1, 0.15) is 0 Å². The van der Waals surface area contributed by atoms with Gasteiger partial charge in [0.15, 0.2) is 0 Å². The van der Waals surface area contributed by atoms with Crippen LogP contribution in [0.25, 0.3) is 0 Å². The van der Waals surface area contributed by atoms with Gasteiger partial charge in [0.2, 0.25) is 0 Å². The van der Waals surface area contributed by atoms with Crippen molar-refractivity contribution in [2.45, 2.75) is 25.4 Å². The quantitative estimate of drug-likeness (QED) is 0.617. The largest absolute Gasteiger partial charge is 0.471 e. The van der Waals surface area contributed by atoms with Crippen LogP contribution in [0.4, 0.5) is 26.3 Å². The molecule has 0 aliphatic rings. The summed E-state index contributed by atoms with van der Waals surface area (Å²) in [7, 11) is 0. The molecular weight excluding hydrogens is 414 g/mol. The SMILES string of the molecule is O=C(N(CCN(Cc1ccccc1)C(=O)C(F)(F)F)Cc1ccccc1)C(F)(F)F. The fourth-order valence-corrected chi connectivity index (χ4v) is 2.71. The van der Waals surface area contributed by atoms with Gasteiger partial charge in [0.05, 0.1) is 0 Å². The molecule has 4 nitrogen and oxygen atoms in total. The Morgan fingerprint density at radius 3 is 1.17 bits per heavy atom. The van der Waals surface area contributed by atoms with Gasteiger partial charge >= 0.3 is 24.2 Å². The highest BCUT2D eigenvalue weighted by atomic mass is 19.4. The summed E-state index contributed by atoms with van der Waals surface area (Å²) in [6.07, 6.45) is -10.4. The summed E-state index contributed by atoms with van der Waals surface area (Å²) < 4.78 is 77.8. The normalized spacial score (nSPS) is 11.8. The lowest BCUT2D eigenvalue weighted by molar-refractivity contribution is -0.189. The first-order valence-electron chi connectivity index (χ1n) is 8.78. The van der Waals surface area contributed by atoms with E-state index in [1.807, 2.05) is 0 Å². The highest BCUT2D eigenvalue weighted by molar-refractivity contribution is 5.83. The topological polar surface area (TPSA) is 40.6 Å². The monoisotopic (exact) mass is 432 g/mol. The fraction of sp³-hybridized carbons (Fsp3) is 0.300. The molecule has 162 valence electrons. The number of alkyl halides is 6. The molecule has 0 unspecified atom stereocenters. The molecular formula is C20H18F6N2O2. The van der Waals surface area contributed by atoms with Gasteiger partial charge in [0, 0.05) is 26.2 Å². The van der Waals surface area contributed by atoms with E-state index in [0.29, 0.717) is 20.9 Å². The van der Waals surface area contributed by atoms with Gasteiger partial charge in [-0.1, -0.05) is 60.7 Å². The number of carbonyl (C=O) groups is 2. The second-order valence-corrected chi connectivity index (χ2v) is 6.42. The predicted octanol–water partition coefficient (Wildman–Crippen LogP) is 4.17. The molecule has 0 atom stereocenters. The van der Waals surface area contributed by atoms with Gasteiger partial charge in [-0.15, -0.1) is 0 Å². The summed E-state index contributed by atoms with van der Waals surface area (Å²) in [5.74, 6) is -4.38. The molecule has 0 saturated heterocycles. The van der Waals surface area contributed by atoms with Crippen molar-refractivity contribution in [3.63, 3.8) is 0 Å². The van der Waals surface area contributed by atoms with E-state index in [1.165, 1.54) is 24.3 Å². The smallest absolute Gasteiger partial charge is 0.329 e. The van der Waals surface area contributed by atoms with E-state index in [9.17, 15) is 35.9 Å². The molecule has 0 fully saturated rings. The zero-order chi connectivity index (χ0) is 22.4. The van der Waals surface area contributed by atoms with Crippen LogP contribution in [0.15, 0.2) is 60.7 Å². The van der Waals surface area contributed by atoms with Crippen LogP contribution < -0.4 is 0 Å². The Morgan fingerprint density at radius 1 is 0.600 bits per heavy atom. The molecule has 0 saturated carbocycles. The highest BCUT2D eigenvalue weighted by Crippen LogP contribution is 2.22. The first kappa shape index (κ1) is 23.2. The van der Waals surface area contributed by atoms with Crippen molar-refractivity contribution in [2.75, 3.05) is 13.1 Å². The summed E-state index contributed by atoms with van der Waals surface area (Å²) in [4.78, 5) is 24.3. The lowest BCUT2D eigenvalue weighted by Gasteiger charge is -2.29. The molecule has 0 heterocycles. The van der Waals surface area contributed by atoms with E-state index in [2.05, 4.69) is 0 Å². The van der Waals surface area contributed by atoms with Crippen molar-refractivity contribution in [3.05, 3.63) is 71.8 Å². The number of carbonyl (C=O) groups excluding carboxylic acids is 2. The summed E-state index contributed by atoms with van der Waals surface area (Å²) in [5, 5.41) is 0. The molecule has 2 aromatic carbocycles. The van der Waals surface area contributed by atoms with Crippen molar-refractivity contribution >= 4 is 11.8 Å². The number of halogens is 6. The zero-order valence-corrected chi connectivity index (χ0v) is 15.6.